The summed E-state index contributed by atoms with van der Waals surface area (Å²) in [5, 5.41) is 10.6. The van der Waals surface area contributed by atoms with Crippen LogP contribution in [-0.2, 0) is 65.4 Å². The van der Waals surface area contributed by atoms with E-state index < -0.39 is 97.5 Å². The molecular weight excluding hydrogens is 1220 g/mol. The van der Waals surface area contributed by atoms with Crippen molar-refractivity contribution >= 4 is 39.5 Å². The van der Waals surface area contributed by atoms with Gasteiger partial charge in [0.15, 0.2) is 12.2 Å². The first-order valence-electron chi connectivity index (χ1n) is 38.3. The monoisotopic (exact) mass is 1370 g/mol. The Morgan fingerprint density at radius 2 is 0.516 bits per heavy atom. The molecule has 552 valence electrons. The van der Waals surface area contributed by atoms with Gasteiger partial charge in [-0.25, -0.2) is 9.13 Å². The van der Waals surface area contributed by atoms with Gasteiger partial charge in [0.05, 0.1) is 26.4 Å². The first-order chi connectivity index (χ1) is 44.7. The van der Waals surface area contributed by atoms with Crippen molar-refractivity contribution in [3.8, 4) is 0 Å². The maximum Gasteiger partial charge on any atom is 0.472 e. The minimum atomic E-state index is -4.96. The first-order valence-corrected chi connectivity index (χ1v) is 41.3. The largest absolute Gasteiger partial charge is 0.472 e. The number of phosphoric ester groups is 2. The SMILES string of the molecule is CCC(C)CCCCCCCCCCCCCCCCCCCCC(=O)O[C@H](COC(=O)CCCCCCCCC(C)CC)COP(=O)(O)OC[C@H](O)COP(=O)(O)OC[C@@H](COC(=O)CCCCCCCCCC(C)C)OC(=O)CCCCCCCCCCC(C)C. The van der Waals surface area contributed by atoms with Crippen molar-refractivity contribution in [2.45, 2.75) is 388 Å². The summed E-state index contributed by atoms with van der Waals surface area (Å²) in [6, 6.07) is 0. The van der Waals surface area contributed by atoms with Gasteiger partial charge >= 0.3 is 39.5 Å². The van der Waals surface area contributed by atoms with Crippen molar-refractivity contribution in [3.63, 3.8) is 0 Å². The Kier molecular flexibility index (Phi) is 62.2. The molecule has 0 amide bonds. The van der Waals surface area contributed by atoms with E-state index in [-0.39, 0.29) is 25.7 Å². The summed E-state index contributed by atoms with van der Waals surface area (Å²) < 4.78 is 68.3. The number of hydrogen-bond donors (Lipinski definition) is 3. The summed E-state index contributed by atoms with van der Waals surface area (Å²) in [6.45, 7) is 14.1. The summed E-state index contributed by atoms with van der Waals surface area (Å²) >= 11 is 0. The average Bonchev–Trinajstić information content (AvgIpc) is 1.58. The van der Waals surface area contributed by atoms with Crippen LogP contribution in [0.5, 0.6) is 0 Å². The van der Waals surface area contributed by atoms with E-state index >= 15 is 0 Å². The van der Waals surface area contributed by atoms with Crippen molar-refractivity contribution in [2.75, 3.05) is 39.6 Å². The molecule has 0 aromatic carbocycles. The van der Waals surface area contributed by atoms with Gasteiger partial charge in [0.1, 0.15) is 19.3 Å². The second-order valence-corrected chi connectivity index (χ2v) is 31.0. The normalized spacial score (nSPS) is 14.8. The fourth-order valence-corrected chi connectivity index (χ4v) is 12.7. The molecule has 0 aliphatic heterocycles. The van der Waals surface area contributed by atoms with Crippen LogP contribution in [0.3, 0.4) is 0 Å². The highest BCUT2D eigenvalue weighted by atomic mass is 31.2. The van der Waals surface area contributed by atoms with Crippen molar-refractivity contribution in [2.24, 2.45) is 23.7 Å². The van der Waals surface area contributed by atoms with Crippen LogP contribution in [0.15, 0.2) is 0 Å². The van der Waals surface area contributed by atoms with E-state index in [0.29, 0.717) is 31.6 Å². The molecule has 17 nitrogen and oxygen atoms in total. The number of rotatable bonds is 71. The summed E-state index contributed by atoms with van der Waals surface area (Å²) in [5.74, 6) is 0.896. The number of esters is 4. The molecule has 0 fully saturated rings. The molecule has 0 aromatic heterocycles. The van der Waals surface area contributed by atoms with Crippen LogP contribution in [0.2, 0.25) is 0 Å². The predicted molar refractivity (Wildman–Crippen MR) is 377 cm³/mol. The second kappa shape index (κ2) is 63.5. The number of aliphatic hydroxyl groups is 1. The lowest BCUT2D eigenvalue weighted by molar-refractivity contribution is -0.161. The van der Waals surface area contributed by atoms with Crippen LogP contribution < -0.4 is 0 Å². The fraction of sp³-hybridized carbons (Fsp3) is 0.946. The lowest BCUT2D eigenvalue weighted by atomic mass is 9.99. The maximum atomic E-state index is 13.0. The Morgan fingerprint density at radius 1 is 0.301 bits per heavy atom. The predicted octanol–water partition coefficient (Wildman–Crippen LogP) is 21.3. The highest BCUT2D eigenvalue weighted by molar-refractivity contribution is 7.47. The highest BCUT2D eigenvalue weighted by Gasteiger charge is 2.30. The molecule has 0 saturated carbocycles. The van der Waals surface area contributed by atoms with Crippen LogP contribution in [0.1, 0.15) is 370 Å². The molecule has 0 saturated heterocycles. The minimum Gasteiger partial charge on any atom is -0.462 e. The highest BCUT2D eigenvalue weighted by Crippen LogP contribution is 2.45. The molecule has 19 heteroatoms. The number of hydrogen-bond acceptors (Lipinski definition) is 15. The lowest BCUT2D eigenvalue weighted by Gasteiger charge is -2.21. The summed E-state index contributed by atoms with van der Waals surface area (Å²) in [4.78, 5) is 72.6. The smallest absolute Gasteiger partial charge is 0.462 e. The van der Waals surface area contributed by atoms with E-state index in [1.54, 1.807) is 0 Å². The third-order valence-corrected chi connectivity index (χ3v) is 19.7. The van der Waals surface area contributed by atoms with Crippen molar-refractivity contribution < 1.29 is 80.2 Å². The van der Waals surface area contributed by atoms with Gasteiger partial charge in [-0.2, -0.15) is 0 Å². The Balaban J connectivity index is 5.16. The average molecular weight is 1370 g/mol. The lowest BCUT2D eigenvalue weighted by Crippen LogP contribution is -2.30. The minimum absolute atomic E-state index is 0.103. The Morgan fingerprint density at radius 3 is 0.763 bits per heavy atom. The molecule has 0 bridgehead atoms. The van der Waals surface area contributed by atoms with Crippen molar-refractivity contribution in [1.29, 1.82) is 0 Å². The van der Waals surface area contributed by atoms with Crippen LogP contribution >= 0.6 is 15.6 Å². The molecule has 0 heterocycles. The molecule has 93 heavy (non-hydrogen) atoms. The van der Waals surface area contributed by atoms with Crippen molar-refractivity contribution in [3.05, 3.63) is 0 Å². The van der Waals surface area contributed by atoms with Gasteiger partial charge in [-0.15, -0.1) is 0 Å². The van der Waals surface area contributed by atoms with Gasteiger partial charge in [-0.1, -0.05) is 319 Å². The van der Waals surface area contributed by atoms with Gasteiger partial charge < -0.3 is 33.8 Å². The maximum absolute atomic E-state index is 13.0. The summed E-state index contributed by atoms with van der Waals surface area (Å²) in [7, 11) is -9.91. The summed E-state index contributed by atoms with van der Waals surface area (Å²) in [6.07, 6.45) is 47.5. The topological polar surface area (TPSA) is 237 Å². The van der Waals surface area contributed by atoms with E-state index in [1.165, 1.54) is 161 Å². The number of carbonyl (C=O) groups is 4. The van der Waals surface area contributed by atoms with Crippen LogP contribution in [-0.4, -0.2) is 96.7 Å². The first kappa shape index (κ1) is 91.1. The number of phosphoric acid groups is 2. The molecule has 0 aliphatic rings. The Bertz CT molecular complexity index is 1840. The number of carbonyl (C=O) groups excluding carboxylic acids is 4. The molecule has 0 rings (SSSR count). The zero-order valence-electron chi connectivity index (χ0n) is 60.9. The molecular formula is C74H144O17P2. The third kappa shape index (κ3) is 65.8. The third-order valence-electron chi connectivity index (χ3n) is 17.8. The van der Waals surface area contributed by atoms with Gasteiger partial charge in [0, 0.05) is 25.7 Å². The quantitative estimate of drug-likeness (QED) is 0.0222. The fourth-order valence-electron chi connectivity index (χ4n) is 11.1. The van der Waals surface area contributed by atoms with Gasteiger partial charge in [-0.05, 0) is 49.4 Å². The van der Waals surface area contributed by atoms with Gasteiger partial charge in [0.25, 0.3) is 0 Å². The van der Waals surface area contributed by atoms with E-state index in [0.717, 1.165) is 120 Å². The van der Waals surface area contributed by atoms with Crippen LogP contribution in [0.25, 0.3) is 0 Å². The second-order valence-electron chi connectivity index (χ2n) is 28.1. The molecule has 0 aromatic rings. The zero-order chi connectivity index (χ0) is 68.9. The van der Waals surface area contributed by atoms with E-state index in [4.69, 9.17) is 37.0 Å². The van der Waals surface area contributed by atoms with Crippen molar-refractivity contribution in [1.82, 2.24) is 0 Å². The Hall–Kier alpha value is -1.94. The molecule has 7 atom stereocenters. The zero-order valence-corrected chi connectivity index (χ0v) is 62.7. The summed E-state index contributed by atoms with van der Waals surface area (Å²) in [5.41, 5.74) is 0. The standard InChI is InChI=1S/C74H144O17P2/c1-9-66(7)52-44-36-28-21-19-17-15-13-11-12-14-16-18-20-22-29-40-48-56-73(78)90-70(61-85-72(77)55-47-39-33-32-37-45-53-67(8)10-2)63-89-93(82,83)87-59-68(75)58-86-92(80,81)88-62-69(60-84-71(76)54-46-38-31-25-27-35-43-51-65(5)6)91-74(79)57-49-41-30-24-23-26-34-42-50-64(3)4/h64-70,75H,9-63H2,1-8H3,(H,80,81)(H,82,83)/t66?,67?,68-,69-,70-/m1/s1. The molecule has 0 spiro atoms. The van der Waals surface area contributed by atoms with Crippen LogP contribution in [0, 0.1) is 23.7 Å². The molecule has 4 unspecified atom stereocenters. The van der Waals surface area contributed by atoms with Gasteiger partial charge in [0.2, 0.25) is 0 Å². The van der Waals surface area contributed by atoms with Gasteiger partial charge in [-0.3, -0.25) is 37.3 Å². The molecule has 0 radical (unpaired) electrons. The Labute approximate surface area is 568 Å². The van der Waals surface area contributed by atoms with Crippen LogP contribution in [0.4, 0.5) is 0 Å². The van der Waals surface area contributed by atoms with E-state index in [9.17, 15) is 43.2 Å². The number of ether oxygens (including phenoxy) is 4. The molecule has 0 aliphatic carbocycles. The van der Waals surface area contributed by atoms with E-state index in [1.807, 2.05) is 0 Å². The molecule has 3 N–H and O–H groups in total. The van der Waals surface area contributed by atoms with E-state index in [2.05, 4.69) is 55.4 Å². The number of unbranched alkanes of at least 4 members (excludes halogenated alkanes) is 35. The number of aliphatic hydroxyl groups excluding tert-OH is 1.